The molecule has 3 nitrogen and oxygen atoms in total. The Hall–Kier alpha value is -1.17. The monoisotopic (exact) mass is 332 g/mol. The van der Waals surface area contributed by atoms with Crippen molar-refractivity contribution in [2.45, 2.75) is 20.3 Å². The summed E-state index contributed by atoms with van der Waals surface area (Å²) in [5.74, 6) is -1.20. The molecule has 0 aliphatic heterocycles. The lowest BCUT2D eigenvalue weighted by Crippen LogP contribution is -2.12. The zero-order chi connectivity index (χ0) is 14.9. The minimum absolute atomic E-state index is 0.0273. The number of aromatic nitrogens is 1. The lowest BCUT2D eigenvalue weighted by atomic mass is 10.2. The zero-order valence-electron chi connectivity index (χ0n) is 10.8. The number of amides is 1. The van der Waals surface area contributed by atoms with Crippen LogP contribution in [-0.4, -0.2) is 10.9 Å². The van der Waals surface area contributed by atoms with Gasteiger partial charge in [0.05, 0.1) is 21.3 Å². The first-order valence-corrected chi connectivity index (χ1v) is 7.41. The second kappa shape index (κ2) is 6.08. The van der Waals surface area contributed by atoms with Crippen LogP contribution in [0.2, 0.25) is 10.0 Å². The molecule has 0 saturated heterocycles. The molecule has 20 heavy (non-hydrogen) atoms. The van der Waals surface area contributed by atoms with E-state index in [1.54, 1.807) is 0 Å². The molecule has 1 aromatic heterocycles. The van der Waals surface area contributed by atoms with Gasteiger partial charge in [0.15, 0.2) is 5.13 Å². The van der Waals surface area contributed by atoms with Crippen molar-refractivity contribution in [2.24, 2.45) is 0 Å². The minimum Gasteiger partial charge on any atom is -0.298 e. The number of rotatable bonds is 3. The molecule has 2 aromatic rings. The summed E-state index contributed by atoms with van der Waals surface area (Å²) in [5, 5.41) is 3.06. The molecule has 1 amide bonds. The maximum absolute atomic E-state index is 13.4. The van der Waals surface area contributed by atoms with Crippen molar-refractivity contribution in [1.29, 1.82) is 0 Å². The lowest BCUT2D eigenvalue weighted by molar-refractivity contribution is 0.102. The Bertz CT molecular complexity index is 673. The van der Waals surface area contributed by atoms with E-state index in [-0.39, 0.29) is 15.6 Å². The van der Waals surface area contributed by atoms with Crippen molar-refractivity contribution in [2.75, 3.05) is 5.32 Å². The molecule has 1 heterocycles. The van der Waals surface area contributed by atoms with E-state index in [1.807, 2.05) is 13.8 Å². The fourth-order valence-corrected chi connectivity index (χ4v) is 3.04. The zero-order valence-corrected chi connectivity index (χ0v) is 13.1. The molecule has 0 unspecified atom stereocenters. The van der Waals surface area contributed by atoms with E-state index in [4.69, 9.17) is 23.2 Å². The number of hydrogen-bond acceptors (Lipinski definition) is 3. The van der Waals surface area contributed by atoms with Crippen LogP contribution in [0.1, 0.15) is 27.9 Å². The maximum Gasteiger partial charge on any atom is 0.259 e. The van der Waals surface area contributed by atoms with Gasteiger partial charge in [-0.3, -0.25) is 10.1 Å². The summed E-state index contributed by atoms with van der Waals surface area (Å²) in [4.78, 5) is 17.4. The first kappa shape index (κ1) is 15.2. The van der Waals surface area contributed by atoms with Gasteiger partial charge in [-0.15, -0.1) is 11.3 Å². The fourth-order valence-electron chi connectivity index (χ4n) is 1.67. The van der Waals surface area contributed by atoms with E-state index in [1.165, 1.54) is 17.4 Å². The summed E-state index contributed by atoms with van der Waals surface area (Å²) in [5.41, 5.74) is 0.957. The highest BCUT2D eigenvalue weighted by molar-refractivity contribution is 7.15. The summed E-state index contributed by atoms with van der Waals surface area (Å²) < 4.78 is 13.4. The summed E-state index contributed by atoms with van der Waals surface area (Å²) in [7, 11) is 0. The van der Waals surface area contributed by atoms with Crippen molar-refractivity contribution in [1.82, 2.24) is 4.98 Å². The SMILES string of the molecule is CCc1nc(NC(=O)c2cc(F)c(Cl)cc2Cl)sc1C. The molecule has 0 fully saturated rings. The molecule has 1 N–H and O–H groups in total. The van der Waals surface area contributed by atoms with Crippen LogP contribution in [0, 0.1) is 12.7 Å². The summed E-state index contributed by atoms with van der Waals surface area (Å²) >= 11 is 12.9. The van der Waals surface area contributed by atoms with Gasteiger partial charge in [-0.2, -0.15) is 0 Å². The van der Waals surface area contributed by atoms with E-state index in [0.29, 0.717) is 5.13 Å². The third-order valence-corrected chi connectivity index (χ3v) is 4.23. The molecular formula is C13H11Cl2FN2OS. The lowest BCUT2D eigenvalue weighted by Gasteiger charge is -2.05. The summed E-state index contributed by atoms with van der Waals surface area (Å²) in [6.45, 7) is 3.92. The largest absolute Gasteiger partial charge is 0.298 e. The predicted octanol–water partition coefficient (Wildman–Crippen LogP) is 4.71. The molecule has 0 atom stereocenters. The van der Waals surface area contributed by atoms with Crippen LogP contribution in [0.25, 0.3) is 0 Å². The van der Waals surface area contributed by atoms with Crippen molar-refractivity contribution >= 4 is 45.6 Å². The van der Waals surface area contributed by atoms with Crippen molar-refractivity contribution < 1.29 is 9.18 Å². The van der Waals surface area contributed by atoms with E-state index < -0.39 is 11.7 Å². The number of nitrogens with one attached hydrogen (secondary N) is 1. The van der Waals surface area contributed by atoms with Gasteiger partial charge in [0.2, 0.25) is 0 Å². The normalized spacial score (nSPS) is 10.7. The van der Waals surface area contributed by atoms with E-state index in [2.05, 4.69) is 10.3 Å². The molecule has 2 rings (SSSR count). The number of thiazole rings is 1. The number of aryl methyl sites for hydroxylation is 2. The second-order valence-corrected chi connectivity index (χ2v) is 6.09. The van der Waals surface area contributed by atoms with Crippen LogP contribution in [0.15, 0.2) is 12.1 Å². The molecule has 106 valence electrons. The Morgan fingerprint density at radius 3 is 2.70 bits per heavy atom. The first-order valence-electron chi connectivity index (χ1n) is 5.84. The highest BCUT2D eigenvalue weighted by Gasteiger charge is 2.16. The fraction of sp³-hybridized carbons (Fsp3) is 0.231. The second-order valence-electron chi connectivity index (χ2n) is 4.08. The summed E-state index contributed by atoms with van der Waals surface area (Å²) in [6.07, 6.45) is 0.786. The molecular weight excluding hydrogens is 322 g/mol. The molecule has 0 saturated carbocycles. The van der Waals surface area contributed by atoms with Gasteiger partial charge >= 0.3 is 0 Å². The van der Waals surface area contributed by atoms with Gasteiger partial charge in [-0.1, -0.05) is 30.1 Å². The molecule has 0 radical (unpaired) electrons. The van der Waals surface area contributed by atoms with Crippen LogP contribution in [0.5, 0.6) is 0 Å². The molecule has 7 heteroatoms. The molecule has 0 bridgehead atoms. The van der Waals surface area contributed by atoms with Gasteiger partial charge in [0.25, 0.3) is 5.91 Å². The van der Waals surface area contributed by atoms with Gasteiger partial charge in [-0.05, 0) is 25.5 Å². The quantitative estimate of drug-likeness (QED) is 0.827. The van der Waals surface area contributed by atoms with E-state index in [9.17, 15) is 9.18 Å². The predicted molar refractivity (Wildman–Crippen MR) is 80.6 cm³/mol. The Morgan fingerprint density at radius 1 is 1.40 bits per heavy atom. The Labute approximate surface area is 129 Å². The van der Waals surface area contributed by atoms with Crippen LogP contribution < -0.4 is 5.32 Å². The number of nitrogens with zero attached hydrogens (tertiary/aromatic N) is 1. The molecule has 0 spiro atoms. The summed E-state index contributed by atoms with van der Waals surface area (Å²) in [6, 6.07) is 2.22. The smallest absolute Gasteiger partial charge is 0.259 e. The van der Waals surface area contributed by atoms with Crippen LogP contribution in [0.4, 0.5) is 9.52 Å². The van der Waals surface area contributed by atoms with Crippen molar-refractivity contribution in [3.05, 3.63) is 44.1 Å². The van der Waals surface area contributed by atoms with Crippen LogP contribution >= 0.6 is 34.5 Å². The third kappa shape index (κ3) is 3.11. The number of carbonyl (C=O) groups is 1. The highest BCUT2D eigenvalue weighted by Crippen LogP contribution is 2.27. The standard InChI is InChI=1S/C13H11Cl2FN2OS/c1-3-11-6(2)20-13(17-11)18-12(19)7-4-10(16)9(15)5-8(7)14/h4-5H,3H2,1-2H3,(H,17,18,19). The van der Waals surface area contributed by atoms with Crippen LogP contribution in [-0.2, 0) is 6.42 Å². The highest BCUT2D eigenvalue weighted by atomic mass is 35.5. The van der Waals surface area contributed by atoms with Gasteiger partial charge in [0.1, 0.15) is 5.82 Å². The average molecular weight is 333 g/mol. The molecule has 0 aliphatic rings. The first-order chi connectivity index (χ1) is 9.42. The van der Waals surface area contributed by atoms with Gasteiger partial charge in [-0.25, -0.2) is 9.37 Å². The van der Waals surface area contributed by atoms with Crippen molar-refractivity contribution in [3.63, 3.8) is 0 Å². The van der Waals surface area contributed by atoms with E-state index in [0.717, 1.165) is 23.1 Å². The van der Waals surface area contributed by atoms with Crippen LogP contribution in [0.3, 0.4) is 0 Å². The minimum atomic E-state index is -0.689. The number of hydrogen-bond donors (Lipinski definition) is 1. The Kier molecular flexibility index (Phi) is 4.62. The topological polar surface area (TPSA) is 42.0 Å². The third-order valence-electron chi connectivity index (χ3n) is 2.70. The number of carbonyl (C=O) groups excluding carboxylic acids is 1. The number of anilines is 1. The Morgan fingerprint density at radius 2 is 2.10 bits per heavy atom. The maximum atomic E-state index is 13.4. The number of benzene rings is 1. The molecule has 1 aromatic carbocycles. The molecule has 0 aliphatic carbocycles. The van der Waals surface area contributed by atoms with Gasteiger partial charge in [0, 0.05) is 4.88 Å². The Balaban J connectivity index is 2.25. The van der Waals surface area contributed by atoms with Gasteiger partial charge < -0.3 is 0 Å². The number of halogens is 3. The van der Waals surface area contributed by atoms with Crippen molar-refractivity contribution in [3.8, 4) is 0 Å². The average Bonchev–Trinajstić information content (AvgIpc) is 2.73. The van der Waals surface area contributed by atoms with E-state index >= 15 is 0 Å².